The highest BCUT2D eigenvalue weighted by atomic mass is 32.2. The fraction of sp³-hybridized carbons (Fsp3) is 0.458. The molecule has 0 bridgehead atoms. The van der Waals surface area contributed by atoms with Crippen molar-refractivity contribution < 1.29 is 13.2 Å². The van der Waals surface area contributed by atoms with E-state index in [1.165, 1.54) is 4.31 Å². The van der Waals surface area contributed by atoms with E-state index < -0.39 is 10.0 Å². The lowest BCUT2D eigenvalue weighted by Crippen LogP contribution is -2.50. The van der Waals surface area contributed by atoms with Gasteiger partial charge in [0.15, 0.2) is 0 Å². The van der Waals surface area contributed by atoms with Gasteiger partial charge in [0.2, 0.25) is 15.9 Å². The maximum atomic E-state index is 13.4. The van der Waals surface area contributed by atoms with E-state index in [0.717, 1.165) is 30.6 Å². The van der Waals surface area contributed by atoms with E-state index in [-0.39, 0.29) is 17.3 Å². The molecule has 0 aliphatic carbocycles. The fourth-order valence-corrected chi connectivity index (χ4v) is 5.16. The smallest absolute Gasteiger partial charge is 0.243 e. The maximum absolute atomic E-state index is 13.4. The molecule has 0 spiro atoms. The third-order valence-electron chi connectivity index (χ3n) is 5.68. The Bertz CT molecular complexity index is 938. The molecule has 6 nitrogen and oxygen atoms in total. The number of hydrogen-bond donors (Lipinski definition) is 1. The number of benzene rings is 2. The van der Waals surface area contributed by atoms with Crippen LogP contribution in [0.2, 0.25) is 0 Å². The summed E-state index contributed by atoms with van der Waals surface area (Å²) in [5.41, 5.74) is 2.25. The van der Waals surface area contributed by atoms with Crippen LogP contribution < -0.4 is 5.32 Å². The highest BCUT2D eigenvalue weighted by Crippen LogP contribution is 2.21. The lowest BCUT2D eigenvalue weighted by atomic mass is 10.0. The predicted molar refractivity (Wildman–Crippen MR) is 124 cm³/mol. The SMILES string of the molecule is CC(C)c1ccc(S(=O)(=O)N(CCCc2ccccc2)CC(=O)N2CCNCC2)cc1. The number of carbonyl (C=O) groups is 1. The molecular formula is C24H33N3O3S. The van der Waals surface area contributed by atoms with Crippen LogP contribution in [0.1, 0.15) is 37.3 Å². The molecular weight excluding hydrogens is 410 g/mol. The molecule has 1 amide bonds. The molecule has 0 aromatic heterocycles. The summed E-state index contributed by atoms with van der Waals surface area (Å²) in [6.07, 6.45) is 1.42. The van der Waals surface area contributed by atoms with Gasteiger partial charge in [0.25, 0.3) is 0 Å². The second kappa shape index (κ2) is 10.9. The third kappa shape index (κ3) is 6.38. The van der Waals surface area contributed by atoms with Crippen molar-refractivity contribution in [3.63, 3.8) is 0 Å². The normalized spacial score (nSPS) is 14.9. The van der Waals surface area contributed by atoms with Gasteiger partial charge in [-0.3, -0.25) is 4.79 Å². The van der Waals surface area contributed by atoms with Crippen LogP contribution in [0.3, 0.4) is 0 Å². The number of nitrogens with one attached hydrogen (secondary N) is 1. The highest BCUT2D eigenvalue weighted by Gasteiger charge is 2.28. The molecule has 2 aromatic rings. The molecule has 168 valence electrons. The van der Waals surface area contributed by atoms with Crippen molar-refractivity contribution in [2.24, 2.45) is 0 Å². The van der Waals surface area contributed by atoms with Gasteiger partial charge in [0.05, 0.1) is 11.4 Å². The van der Waals surface area contributed by atoms with Crippen LogP contribution in [0.5, 0.6) is 0 Å². The molecule has 2 aromatic carbocycles. The van der Waals surface area contributed by atoms with Crippen LogP contribution in [0.4, 0.5) is 0 Å². The summed E-state index contributed by atoms with van der Waals surface area (Å²) in [5.74, 6) is 0.191. The molecule has 0 atom stereocenters. The number of aryl methyl sites for hydroxylation is 1. The summed E-state index contributed by atoms with van der Waals surface area (Å²) in [4.78, 5) is 14.8. The number of piperazine rings is 1. The monoisotopic (exact) mass is 443 g/mol. The van der Waals surface area contributed by atoms with Gasteiger partial charge in [0.1, 0.15) is 0 Å². The van der Waals surface area contributed by atoms with Crippen molar-refractivity contribution in [2.45, 2.75) is 37.5 Å². The van der Waals surface area contributed by atoms with Crippen LogP contribution in [0.25, 0.3) is 0 Å². The molecule has 1 fully saturated rings. The lowest BCUT2D eigenvalue weighted by molar-refractivity contribution is -0.131. The van der Waals surface area contributed by atoms with E-state index in [1.807, 2.05) is 42.5 Å². The first-order valence-electron chi connectivity index (χ1n) is 11.0. The Kier molecular flexibility index (Phi) is 8.23. The summed E-state index contributed by atoms with van der Waals surface area (Å²) in [6.45, 7) is 7.03. The summed E-state index contributed by atoms with van der Waals surface area (Å²) >= 11 is 0. The zero-order valence-corrected chi connectivity index (χ0v) is 19.3. The Labute approximate surface area is 186 Å². The number of rotatable bonds is 9. The zero-order chi connectivity index (χ0) is 22.3. The van der Waals surface area contributed by atoms with Gasteiger partial charge in [-0.1, -0.05) is 56.3 Å². The summed E-state index contributed by atoms with van der Waals surface area (Å²) in [6, 6.07) is 17.0. The van der Waals surface area contributed by atoms with Gasteiger partial charge >= 0.3 is 0 Å². The Hall–Kier alpha value is -2.22. The molecule has 1 aliphatic rings. The van der Waals surface area contributed by atoms with Gasteiger partial charge < -0.3 is 10.2 Å². The van der Waals surface area contributed by atoms with Crippen molar-refractivity contribution >= 4 is 15.9 Å². The quantitative estimate of drug-likeness (QED) is 0.647. The van der Waals surface area contributed by atoms with Crippen LogP contribution in [0, 0.1) is 0 Å². The van der Waals surface area contributed by atoms with E-state index >= 15 is 0 Å². The Balaban J connectivity index is 1.76. The van der Waals surface area contributed by atoms with E-state index in [9.17, 15) is 13.2 Å². The highest BCUT2D eigenvalue weighted by molar-refractivity contribution is 7.89. The molecule has 1 heterocycles. The zero-order valence-electron chi connectivity index (χ0n) is 18.5. The topological polar surface area (TPSA) is 69.7 Å². The van der Waals surface area contributed by atoms with Crippen LogP contribution in [0.15, 0.2) is 59.5 Å². The Morgan fingerprint density at radius 2 is 1.68 bits per heavy atom. The number of carbonyl (C=O) groups excluding carboxylic acids is 1. The molecule has 1 N–H and O–H groups in total. The maximum Gasteiger partial charge on any atom is 0.243 e. The first-order valence-corrected chi connectivity index (χ1v) is 12.4. The Morgan fingerprint density at radius 3 is 2.29 bits per heavy atom. The van der Waals surface area contributed by atoms with Crippen molar-refractivity contribution in [3.05, 3.63) is 65.7 Å². The van der Waals surface area contributed by atoms with Gasteiger partial charge in [-0.25, -0.2) is 8.42 Å². The first kappa shape index (κ1) is 23.4. The van der Waals surface area contributed by atoms with E-state index in [0.29, 0.717) is 32.0 Å². The lowest BCUT2D eigenvalue weighted by Gasteiger charge is -2.30. The minimum Gasteiger partial charge on any atom is -0.339 e. The molecule has 1 saturated heterocycles. The van der Waals surface area contributed by atoms with Crippen LogP contribution in [-0.2, 0) is 21.2 Å². The van der Waals surface area contributed by atoms with Gasteiger partial charge in [-0.15, -0.1) is 0 Å². The second-order valence-electron chi connectivity index (χ2n) is 8.28. The first-order chi connectivity index (χ1) is 14.9. The standard InChI is InChI=1S/C24H33N3O3S/c1-20(2)22-10-12-23(13-11-22)31(29,30)27(16-6-9-21-7-4-3-5-8-21)19-24(28)26-17-14-25-15-18-26/h3-5,7-8,10-13,20,25H,6,9,14-19H2,1-2H3. The van der Waals surface area contributed by atoms with Crippen molar-refractivity contribution in [1.29, 1.82) is 0 Å². The minimum atomic E-state index is -3.76. The molecule has 0 radical (unpaired) electrons. The fourth-order valence-electron chi connectivity index (χ4n) is 3.73. The average molecular weight is 444 g/mol. The van der Waals surface area contributed by atoms with E-state index in [4.69, 9.17) is 0 Å². The number of amides is 1. The van der Waals surface area contributed by atoms with Gasteiger partial charge in [0, 0.05) is 32.7 Å². The molecule has 0 saturated carbocycles. The van der Waals surface area contributed by atoms with E-state index in [1.54, 1.807) is 17.0 Å². The second-order valence-corrected chi connectivity index (χ2v) is 10.2. The predicted octanol–water partition coefficient (Wildman–Crippen LogP) is 2.87. The minimum absolute atomic E-state index is 0.122. The largest absolute Gasteiger partial charge is 0.339 e. The van der Waals surface area contributed by atoms with E-state index in [2.05, 4.69) is 19.2 Å². The van der Waals surface area contributed by atoms with Gasteiger partial charge in [-0.05, 0) is 42.0 Å². The van der Waals surface area contributed by atoms with Crippen LogP contribution in [-0.4, -0.2) is 62.8 Å². The molecule has 1 aliphatic heterocycles. The van der Waals surface area contributed by atoms with Crippen molar-refractivity contribution in [1.82, 2.24) is 14.5 Å². The number of nitrogens with zero attached hydrogens (tertiary/aromatic N) is 2. The molecule has 7 heteroatoms. The number of sulfonamides is 1. The number of hydrogen-bond acceptors (Lipinski definition) is 4. The van der Waals surface area contributed by atoms with Gasteiger partial charge in [-0.2, -0.15) is 4.31 Å². The van der Waals surface area contributed by atoms with Crippen LogP contribution >= 0.6 is 0 Å². The summed E-state index contributed by atoms with van der Waals surface area (Å²) < 4.78 is 28.2. The van der Waals surface area contributed by atoms with Crippen molar-refractivity contribution in [3.8, 4) is 0 Å². The van der Waals surface area contributed by atoms with Crippen molar-refractivity contribution in [2.75, 3.05) is 39.3 Å². The Morgan fingerprint density at radius 1 is 1.03 bits per heavy atom. The third-order valence-corrected chi connectivity index (χ3v) is 7.54. The average Bonchev–Trinajstić information content (AvgIpc) is 2.79. The summed E-state index contributed by atoms with van der Waals surface area (Å²) in [7, 11) is -3.76. The summed E-state index contributed by atoms with van der Waals surface area (Å²) in [5, 5.41) is 3.22. The molecule has 0 unspecified atom stereocenters. The molecule has 3 rings (SSSR count). The molecule has 31 heavy (non-hydrogen) atoms.